The molecule has 0 radical (unpaired) electrons. The highest BCUT2D eigenvalue weighted by molar-refractivity contribution is 7.15. The van der Waals surface area contributed by atoms with Crippen LogP contribution in [-0.4, -0.2) is 10.9 Å². The maximum Gasteiger partial charge on any atom is 0.268 e. The van der Waals surface area contributed by atoms with Crippen LogP contribution in [-0.2, 0) is 11.2 Å². The zero-order valence-electron chi connectivity index (χ0n) is 12.9. The monoisotopic (exact) mass is 385 g/mol. The number of thiazole rings is 1. The third-order valence-electron chi connectivity index (χ3n) is 3.29. The number of nitrogens with zero attached hydrogens (tertiary/aromatic N) is 2. The molecule has 1 N–H and O–H groups in total. The lowest BCUT2D eigenvalue weighted by Crippen LogP contribution is -2.13. The molecule has 124 valence electrons. The topological polar surface area (TPSA) is 65.8 Å². The number of carbonyl (C=O) groups excluding carboxylic acids is 1. The van der Waals surface area contributed by atoms with Crippen LogP contribution in [0.4, 0.5) is 5.13 Å². The zero-order chi connectivity index (χ0) is 17.6. The number of benzene rings is 1. The van der Waals surface area contributed by atoms with Crippen molar-refractivity contribution >= 4 is 51.4 Å². The highest BCUT2D eigenvalue weighted by atomic mass is 35.5. The lowest BCUT2D eigenvalue weighted by Gasteiger charge is -2.01. The minimum absolute atomic E-state index is 0.0466. The first-order valence-electron chi connectivity index (χ1n) is 7.30. The Balaban J connectivity index is 1.69. The van der Waals surface area contributed by atoms with E-state index in [1.54, 1.807) is 12.3 Å². The summed E-state index contributed by atoms with van der Waals surface area (Å²) < 4.78 is 0. The molecule has 2 aromatic heterocycles. The first-order valence-corrected chi connectivity index (χ1v) is 9.38. The first-order chi connectivity index (χ1) is 12.2. The SMILES string of the molecule is N#C/C(=C\c1cccs1)C(=O)Nc1ncc(Cc2ccccc2Cl)s1. The zero-order valence-corrected chi connectivity index (χ0v) is 15.3. The van der Waals surface area contributed by atoms with E-state index in [-0.39, 0.29) is 5.57 Å². The van der Waals surface area contributed by atoms with Crippen LogP contribution in [0, 0.1) is 11.3 Å². The molecule has 1 aromatic carbocycles. The van der Waals surface area contributed by atoms with Crippen LogP contribution in [0.5, 0.6) is 0 Å². The average Bonchev–Trinajstić information content (AvgIpc) is 3.26. The van der Waals surface area contributed by atoms with E-state index >= 15 is 0 Å². The molecule has 7 heteroatoms. The fourth-order valence-corrected chi connectivity index (χ4v) is 3.80. The molecule has 0 bridgehead atoms. The second-order valence-corrected chi connectivity index (χ2v) is 7.54. The number of halogens is 1. The predicted octanol–water partition coefficient (Wildman–Crippen LogP) is 4.99. The summed E-state index contributed by atoms with van der Waals surface area (Å²) in [4.78, 5) is 18.3. The van der Waals surface area contributed by atoms with E-state index in [0.29, 0.717) is 16.6 Å². The van der Waals surface area contributed by atoms with Gasteiger partial charge in [0.05, 0.1) is 0 Å². The maximum atomic E-state index is 12.2. The van der Waals surface area contributed by atoms with Gasteiger partial charge in [-0.1, -0.05) is 35.9 Å². The first kappa shape index (κ1) is 17.4. The van der Waals surface area contributed by atoms with E-state index in [2.05, 4.69) is 10.3 Å². The highest BCUT2D eigenvalue weighted by Gasteiger charge is 2.13. The molecule has 4 nitrogen and oxygen atoms in total. The molecular formula is C18H12ClN3OS2. The molecule has 0 aliphatic heterocycles. The molecule has 0 saturated carbocycles. The van der Waals surface area contributed by atoms with Gasteiger partial charge in [0.15, 0.2) is 5.13 Å². The Kier molecular flexibility index (Phi) is 5.61. The van der Waals surface area contributed by atoms with Gasteiger partial charge in [0.2, 0.25) is 0 Å². The Bertz CT molecular complexity index is 955. The molecule has 0 unspecified atom stereocenters. The smallest absolute Gasteiger partial charge is 0.268 e. The van der Waals surface area contributed by atoms with Crippen LogP contribution in [0.15, 0.2) is 53.5 Å². The summed E-state index contributed by atoms with van der Waals surface area (Å²) >= 11 is 8.99. The Hall–Kier alpha value is -2.46. The van der Waals surface area contributed by atoms with Gasteiger partial charge in [-0.25, -0.2) is 4.98 Å². The Labute approximate surface area is 158 Å². The van der Waals surface area contributed by atoms with Crippen LogP contribution in [0.2, 0.25) is 5.02 Å². The lowest BCUT2D eigenvalue weighted by atomic mass is 10.1. The number of amides is 1. The molecule has 0 aliphatic rings. The number of hydrogen-bond acceptors (Lipinski definition) is 5. The normalized spacial score (nSPS) is 11.1. The van der Waals surface area contributed by atoms with Gasteiger partial charge < -0.3 is 0 Å². The van der Waals surface area contributed by atoms with Crippen molar-refractivity contribution in [1.82, 2.24) is 4.98 Å². The number of rotatable bonds is 5. The Morgan fingerprint density at radius 2 is 2.16 bits per heavy atom. The molecule has 3 rings (SSSR count). The van der Waals surface area contributed by atoms with Gasteiger partial charge >= 0.3 is 0 Å². The van der Waals surface area contributed by atoms with Crippen LogP contribution < -0.4 is 5.32 Å². The van der Waals surface area contributed by atoms with Gasteiger partial charge in [0.25, 0.3) is 5.91 Å². The Morgan fingerprint density at radius 1 is 1.32 bits per heavy atom. The van der Waals surface area contributed by atoms with Gasteiger partial charge in [0, 0.05) is 27.4 Å². The molecule has 2 heterocycles. The molecule has 25 heavy (non-hydrogen) atoms. The molecular weight excluding hydrogens is 374 g/mol. The Morgan fingerprint density at radius 3 is 2.88 bits per heavy atom. The van der Waals surface area contributed by atoms with Gasteiger partial charge in [0.1, 0.15) is 11.6 Å². The van der Waals surface area contributed by atoms with Crippen molar-refractivity contribution < 1.29 is 4.79 Å². The van der Waals surface area contributed by atoms with E-state index in [1.807, 2.05) is 47.8 Å². The van der Waals surface area contributed by atoms with Crippen molar-refractivity contribution in [2.45, 2.75) is 6.42 Å². The van der Waals surface area contributed by atoms with Gasteiger partial charge in [-0.15, -0.1) is 22.7 Å². The second-order valence-electron chi connectivity index (χ2n) is 5.04. The van der Waals surface area contributed by atoms with Crippen molar-refractivity contribution in [1.29, 1.82) is 5.26 Å². The van der Waals surface area contributed by atoms with Crippen LogP contribution in [0.1, 0.15) is 15.3 Å². The largest absolute Gasteiger partial charge is 0.297 e. The van der Waals surface area contributed by atoms with E-state index in [9.17, 15) is 10.1 Å². The molecule has 0 fully saturated rings. The van der Waals surface area contributed by atoms with Crippen LogP contribution in [0.3, 0.4) is 0 Å². The minimum Gasteiger partial charge on any atom is -0.297 e. The van der Waals surface area contributed by atoms with Crippen molar-refractivity contribution in [2.75, 3.05) is 5.32 Å². The number of carbonyl (C=O) groups is 1. The predicted molar refractivity (Wildman–Crippen MR) is 103 cm³/mol. The summed E-state index contributed by atoms with van der Waals surface area (Å²) in [5.41, 5.74) is 1.05. The summed E-state index contributed by atoms with van der Waals surface area (Å²) in [6.07, 6.45) is 3.92. The highest BCUT2D eigenvalue weighted by Crippen LogP contribution is 2.25. The molecule has 0 spiro atoms. The average molecular weight is 386 g/mol. The third-order valence-corrected chi connectivity index (χ3v) is 5.39. The standard InChI is InChI=1S/C18H12ClN3OS2/c19-16-6-2-1-4-12(16)8-15-11-21-18(25-15)22-17(23)13(10-20)9-14-5-3-7-24-14/h1-7,9,11H,8H2,(H,21,22,23)/b13-9+. The molecule has 0 saturated heterocycles. The fourth-order valence-electron chi connectivity index (χ4n) is 2.11. The summed E-state index contributed by atoms with van der Waals surface area (Å²) in [7, 11) is 0. The maximum absolute atomic E-state index is 12.2. The van der Waals surface area contributed by atoms with E-state index < -0.39 is 5.91 Å². The third kappa shape index (κ3) is 4.54. The molecule has 1 amide bonds. The number of hydrogen-bond donors (Lipinski definition) is 1. The van der Waals surface area contributed by atoms with E-state index in [1.165, 1.54) is 22.7 Å². The summed E-state index contributed by atoms with van der Waals surface area (Å²) in [5.74, 6) is -0.463. The van der Waals surface area contributed by atoms with Gasteiger partial charge in [-0.2, -0.15) is 5.26 Å². The van der Waals surface area contributed by atoms with Crippen molar-refractivity contribution in [3.63, 3.8) is 0 Å². The van der Waals surface area contributed by atoms with E-state index in [0.717, 1.165) is 15.3 Å². The number of aromatic nitrogens is 1. The summed E-state index contributed by atoms with van der Waals surface area (Å²) in [6.45, 7) is 0. The van der Waals surface area contributed by atoms with Gasteiger partial charge in [-0.3, -0.25) is 10.1 Å². The van der Waals surface area contributed by atoms with Crippen molar-refractivity contribution in [2.24, 2.45) is 0 Å². The fraction of sp³-hybridized carbons (Fsp3) is 0.0556. The van der Waals surface area contributed by atoms with Gasteiger partial charge in [-0.05, 0) is 29.2 Å². The minimum atomic E-state index is -0.463. The number of nitrogens with one attached hydrogen (secondary N) is 1. The number of nitriles is 1. The summed E-state index contributed by atoms with van der Waals surface area (Å²) in [5, 5.41) is 14.9. The quantitative estimate of drug-likeness (QED) is 0.496. The number of anilines is 1. The number of thiophene rings is 1. The van der Waals surface area contributed by atoms with Crippen LogP contribution >= 0.6 is 34.3 Å². The van der Waals surface area contributed by atoms with E-state index in [4.69, 9.17) is 11.6 Å². The molecule has 0 atom stereocenters. The second kappa shape index (κ2) is 8.08. The van der Waals surface area contributed by atoms with Crippen molar-refractivity contribution in [3.8, 4) is 6.07 Å². The molecule has 3 aromatic rings. The molecule has 0 aliphatic carbocycles. The van der Waals surface area contributed by atoms with Crippen LogP contribution in [0.25, 0.3) is 6.08 Å². The lowest BCUT2D eigenvalue weighted by molar-refractivity contribution is -0.112. The van der Waals surface area contributed by atoms with Crippen molar-refractivity contribution in [3.05, 3.63) is 73.9 Å². The summed E-state index contributed by atoms with van der Waals surface area (Å²) in [6, 6.07) is 13.3.